The third-order valence-electron chi connectivity index (χ3n) is 3.06. The molecule has 2 aromatic rings. The molecule has 0 bridgehead atoms. The molecule has 0 unspecified atom stereocenters. The topological polar surface area (TPSA) is 114 Å². The van der Waals surface area contributed by atoms with Gasteiger partial charge < -0.3 is 5.73 Å². The highest BCUT2D eigenvalue weighted by Gasteiger charge is 2.39. The summed E-state index contributed by atoms with van der Waals surface area (Å²) in [6.45, 7) is 0. The summed E-state index contributed by atoms with van der Waals surface area (Å²) in [6.07, 6.45) is -10.2. The Morgan fingerprint density at radius 2 is 1.64 bits per heavy atom. The number of anilines is 1. The Kier molecular flexibility index (Phi) is 5.52. The zero-order valence-electron chi connectivity index (χ0n) is 12.8. The summed E-state index contributed by atoms with van der Waals surface area (Å²) >= 11 is 11.5. The maximum absolute atomic E-state index is 12.8. The molecule has 16 heteroatoms. The van der Waals surface area contributed by atoms with Crippen LogP contribution in [0.4, 0.5) is 32.2 Å². The molecule has 0 fully saturated rings. The van der Waals surface area contributed by atoms with E-state index in [2.05, 4.69) is 5.10 Å². The van der Waals surface area contributed by atoms with E-state index in [1.54, 1.807) is 0 Å². The van der Waals surface area contributed by atoms with E-state index < -0.39 is 60.2 Å². The Morgan fingerprint density at radius 3 is 2.04 bits per heavy atom. The number of benzene rings is 1. The van der Waals surface area contributed by atoms with Gasteiger partial charge in [0.15, 0.2) is 10.6 Å². The van der Waals surface area contributed by atoms with Crippen LogP contribution in [0, 0.1) is 11.3 Å². The standard InChI is InChI=1S/C12H5Cl2F6N5O2S/c13-5-1-4(11(15,16)17)2-6(14)8(5)25-10(22)9(7(3-21)23-25)28(26,27)24-12(18,19)20/h1-2,24H,22H2. The Morgan fingerprint density at radius 1 is 1.14 bits per heavy atom. The maximum atomic E-state index is 12.8. The fraction of sp³-hybridized carbons (Fsp3) is 0.167. The SMILES string of the molecule is N#Cc1nn(-c2c(Cl)cc(C(F)(F)F)cc2Cl)c(N)c1S(=O)(=O)NC(F)(F)F. The first-order chi connectivity index (χ1) is 12.6. The number of sulfonamides is 1. The summed E-state index contributed by atoms with van der Waals surface area (Å²) in [5.41, 5.74) is 2.60. The molecular formula is C12H5Cl2F6N5O2S. The fourth-order valence-corrected chi connectivity index (χ4v) is 3.82. The molecule has 0 saturated carbocycles. The molecule has 1 heterocycles. The zero-order chi connectivity index (χ0) is 21.7. The molecule has 0 radical (unpaired) electrons. The van der Waals surface area contributed by atoms with Gasteiger partial charge in [-0.1, -0.05) is 23.2 Å². The number of nitrogens with one attached hydrogen (secondary N) is 1. The van der Waals surface area contributed by atoms with Gasteiger partial charge in [0.25, 0.3) is 10.0 Å². The number of nitrogens with zero attached hydrogens (tertiary/aromatic N) is 3. The van der Waals surface area contributed by atoms with E-state index in [1.165, 1.54) is 6.07 Å². The number of nitriles is 1. The molecule has 0 atom stereocenters. The van der Waals surface area contributed by atoms with Crippen molar-refractivity contribution in [1.29, 1.82) is 5.26 Å². The first kappa shape index (κ1) is 22.1. The number of hydrogen-bond donors (Lipinski definition) is 2. The van der Waals surface area contributed by atoms with Crippen molar-refractivity contribution in [2.75, 3.05) is 5.73 Å². The minimum Gasteiger partial charge on any atom is -0.382 e. The Hall–Kier alpha value is -2.21. The largest absolute Gasteiger partial charge is 0.470 e. The van der Waals surface area contributed by atoms with Crippen molar-refractivity contribution in [1.82, 2.24) is 14.5 Å². The van der Waals surface area contributed by atoms with Crippen LogP contribution in [0.2, 0.25) is 10.0 Å². The predicted octanol–water partition coefficient (Wildman–Crippen LogP) is 3.45. The summed E-state index contributed by atoms with van der Waals surface area (Å²) in [6, 6.07) is 2.06. The summed E-state index contributed by atoms with van der Waals surface area (Å²) in [5, 5.41) is 11.0. The third-order valence-corrected chi connectivity index (χ3v) is 5.07. The van der Waals surface area contributed by atoms with Gasteiger partial charge in [-0.2, -0.15) is 36.7 Å². The average Bonchev–Trinajstić information content (AvgIpc) is 2.80. The van der Waals surface area contributed by atoms with Crippen LogP contribution in [0.1, 0.15) is 11.3 Å². The number of hydrogen-bond acceptors (Lipinski definition) is 5. The first-order valence-corrected chi connectivity index (χ1v) is 8.78. The minimum absolute atomic E-state index is 0.323. The average molecular weight is 468 g/mol. The van der Waals surface area contributed by atoms with Crippen LogP contribution >= 0.6 is 23.2 Å². The van der Waals surface area contributed by atoms with Crippen LogP contribution in [0.15, 0.2) is 17.0 Å². The van der Waals surface area contributed by atoms with Crippen molar-refractivity contribution < 1.29 is 34.8 Å². The van der Waals surface area contributed by atoms with E-state index in [0.29, 0.717) is 21.5 Å². The highest BCUT2D eigenvalue weighted by Crippen LogP contribution is 2.39. The molecule has 1 aromatic heterocycles. The van der Waals surface area contributed by atoms with Gasteiger partial charge in [0.2, 0.25) is 0 Å². The van der Waals surface area contributed by atoms with E-state index in [1.807, 2.05) is 0 Å². The van der Waals surface area contributed by atoms with E-state index in [4.69, 9.17) is 34.2 Å². The van der Waals surface area contributed by atoms with E-state index >= 15 is 0 Å². The quantitative estimate of drug-likeness (QED) is 0.530. The monoisotopic (exact) mass is 467 g/mol. The third kappa shape index (κ3) is 4.27. The summed E-state index contributed by atoms with van der Waals surface area (Å²) in [5.74, 6) is -1.03. The van der Waals surface area contributed by atoms with Crippen molar-refractivity contribution in [3.05, 3.63) is 33.4 Å². The van der Waals surface area contributed by atoms with Crippen LogP contribution in [-0.2, 0) is 16.2 Å². The van der Waals surface area contributed by atoms with E-state index in [-0.39, 0.29) is 0 Å². The summed E-state index contributed by atoms with van der Waals surface area (Å²) in [7, 11) is -5.41. The Labute approximate surface area is 162 Å². The molecule has 0 aliphatic heterocycles. The van der Waals surface area contributed by atoms with E-state index in [0.717, 1.165) is 0 Å². The lowest BCUT2D eigenvalue weighted by Crippen LogP contribution is -2.37. The molecule has 0 saturated heterocycles. The normalized spacial score (nSPS) is 12.8. The van der Waals surface area contributed by atoms with Crippen LogP contribution in [0.3, 0.4) is 0 Å². The second-order valence-electron chi connectivity index (χ2n) is 4.98. The molecule has 1 aromatic carbocycles. The van der Waals surface area contributed by atoms with Crippen molar-refractivity contribution in [3.63, 3.8) is 0 Å². The Balaban J connectivity index is 2.75. The number of rotatable bonds is 3. The van der Waals surface area contributed by atoms with Crippen molar-refractivity contribution in [2.45, 2.75) is 17.4 Å². The van der Waals surface area contributed by atoms with Crippen LogP contribution in [0.5, 0.6) is 0 Å². The van der Waals surface area contributed by atoms with Gasteiger partial charge in [-0.15, -0.1) is 4.72 Å². The molecule has 2 rings (SSSR count). The second kappa shape index (κ2) is 6.99. The smallest absolute Gasteiger partial charge is 0.382 e. The van der Waals surface area contributed by atoms with Crippen molar-refractivity contribution in [3.8, 4) is 11.8 Å². The molecule has 152 valence electrons. The predicted molar refractivity (Wildman–Crippen MR) is 84.1 cm³/mol. The molecule has 0 aliphatic rings. The van der Waals surface area contributed by atoms with Gasteiger partial charge in [0, 0.05) is 0 Å². The van der Waals surface area contributed by atoms with Crippen molar-refractivity contribution in [2.24, 2.45) is 0 Å². The van der Waals surface area contributed by atoms with Crippen molar-refractivity contribution >= 4 is 39.0 Å². The highest BCUT2D eigenvalue weighted by molar-refractivity contribution is 7.89. The molecule has 28 heavy (non-hydrogen) atoms. The van der Waals surface area contributed by atoms with Crippen LogP contribution in [-0.4, -0.2) is 24.5 Å². The lowest BCUT2D eigenvalue weighted by Gasteiger charge is -2.13. The molecule has 0 aliphatic carbocycles. The number of aromatic nitrogens is 2. The zero-order valence-corrected chi connectivity index (χ0v) is 15.2. The minimum atomic E-state index is -5.41. The molecule has 0 amide bonds. The number of nitrogens with two attached hydrogens (primary N) is 1. The number of alkyl halides is 6. The molecule has 3 N–H and O–H groups in total. The lowest BCUT2D eigenvalue weighted by molar-refractivity contribution is -0.138. The van der Waals surface area contributed by atoms with Gasteiger partial charge in [-0.3, -0.25) is 0 Å². The Bertz CT molecular complexity index is 1060. The fourth-order valence-electron chi connectivity index (χ4n) is 2.06. The number of halogens is 8. The first-order valence-electron chi connectivity index (χ1n) is 6.54. The van der Waals surface area contributed by atoms with Crippen LogP contribution < -0.4 is 10.5 Å². The van der Waals surface area contributed by atoms with Gasteiger partial charge in [-0.05, 0) is 12.1 Å². The van der Waals surface area contributed by atoms with Gasteiger partial charge in [0.05, 0.1) is 15.6 Å². The van der Waals surface area contributed by atoms with Gasteiger partial charge >= 0.3 is 12.5 Å². The van der Waals surface area contributed by atoms with Gasteiger partial charge in [0.1, 0.15) is 17.6 Å². The van der Waals surface area contributed by atoms with Crippen LogP contribution in [0.25, 0.3) is 5.69 Å². The highest BCUT2D eigenvalue weighted by atomic mass is 35.5. The molecule has 7 nitrogen and oxygen atoms in total. The lowest BCUT2D eigenvalue weighted by atomic mass is 10.2. The molecular weight excluding hydrogens is 463 g/mol. The maximum Gasteiger partial charge on any atom is 0.470 e. The number of nitrogen functional groups attached to an aromatic ring is 1. The van der Waals surface area contributed by atoms with Gasteiger partial charge in [-0.25, -0.2) is 13.1 Å². The van der Waals surface area contributed by atoms with E-state index in [9.17, 15) is 34.8 Å². The molecule has 0 spiro atoms. The summed E-state index contributed by atoms with van der Waals surface area (Å²) < 4.78 is 100. The second-order valence-corrected chi connectivity index (χ2v) is 7.41. The summed E-state index contributed by atoms with van der Waals surface area (Å²) in [4.78, 5) is -1.35.